The Balaban J connectivity index is 1.57. The van der Waals surface area contributed by atoms with Crippen molar-refractivity contribution in [1.82, 2.24) is 0 Å². The van der Waals surface area contributed by atoms with Crippen molar-refractivity contribution >= 4 is 39.3 Å². The summed E-state index contributed by atoms with van der Waals surface area (Å²) in [7, 11) is 0. The summed E-state index contributed by atoms with van der Waals surface area (Å²) in [6, 6.07) is 12.2. The Bertz CT molecular complexity index is 836. The van der Waals surface area contributed by atoms with Crippen LogP contribution in [0.25, 0.3) is 0 Å². The van der Waals surface area contributed by atoms with Crippen molar-refractivity contribution in [3.63, 3.8) is 0 Å². The minimum atomic E-state index is -0.648. The maximum absolute atomic E-state index is 13.0. The fourth-order valence-electron chi connectivity index (χ4n) is 2.71. The van der Waals surface area contributed by atoms with Gasteiger partial charge in [-0.05, 0) is 36.4 Å². The van der Waals surface area contributed by atoms with Crippen LogP contribution in [0.1, 0.15) is 16.8 Å². The van der Waals surface area contributed by atoms with E-state index in [1.807, 2.05) is 0 Å². The monoisotopic (exact) mass is 419 g/mol. The Labute approximate surface area is 157 Å². The van der Waals surface area contributed by atoms with Crippen LogP contribution < -0.4 is 4.90 Å². The Morgan fingerprint density at radius 2 is 1.77 bits per heavy atom. The number of benzene rings is 2. The van der Waals surface area contributed by atoms with Crippen molar-refractivity contribution in [2.24, 2.45) is 5.92 Å². The van der Waals surface area contributed by atoms with E-state index in [2.05, 4.69) is 15.9 Å². The molecule has 0 radical (unpaired) electrons. The molecular formula is C19H15BrFNO4. The second-order valence-electron chi connectivity index (χ2n) is 5.92. The Hall–Kier alpha value is -2.54. The van der Waals surface area contributed by atoms with E-state index in [-0.39, 0.29) is 31.3 Å². The topological polar surface area (TPSA) is 63.7 Å². The van der Waals surface area contributed by atoms with E-state index in [0.717, 1.165) is 4.47 Å². The summed E-state index contributed by atoms with van der Waals surface area (Å²) in [4.78, 5) is 37.8. The highest BCUT2D eigenvalue weighted by Crippen LogP contribution is 2.26. The third-order valence-electron chi connectivity index (χ3n) is 4.11. The summed E-state index contributed by atoms with van der Waals surface area (Å²) < 4.78 is 18.9. The lowest BCUT2D eigenvalue weighted by atomic mass is 10.1. The van der Waals surface area contributed by atoms with Gasteiger partial charge in [-0.3, -0.25) is 14.4 Å². The summed E-state index contributed by atoms with van der Waals surface area (Å²) in [6.07, 6.45) is 0.00266. The molecule has 0 N–H and O–H groups in total. The van der Waals surface area contributed by atoms with Crippen molar-refractivity contribution in [1.29, 1.82) is 0 Å². The number of hydrogen-bond donors (Lipinski definition) is 0. The quantitative estimate of drug-likeness (QED) is 0.550. The Morgan fingerprint density at radius 3 is 2.42 bits per heavy atom. The molecule has 7 heteroatoms. The van der Waals surface area contributed by atoms with Crippen molar-refractivity contribution < 1.29 is 23.5 Å². The van der Waals surface area contributed by atoms with E-state index < -0.39 is 17.7 Å². The molecule has 0 aliphatic carbocycles. The van der Waals surface area contributed by atoms with E-state index in [0.29, 0.717) is 11.3 Å². The number of ether oxygens (including phenoxy) is 1. The van der Waals surface area contributed by atoms with Gasteiger partial charge in [0.15, 0.2) is 12.4 Å². The lowest BCUT2D eigenvalue weighted by molar-refractivity contribution is -0.147. The van der Waals surface area contributed by atoms with Gasteiger partial charge in [-0.25, -0.2) is 4.39 Å². The molecule has 1 atom stereocenters. The number of carbonyl (C=O) groups excluding carboxylic acids is 3. The third-order valence-corrected chi connectivity index (χ3v) is 4.64. The van der Waals surface area contributed by atoms with Gasteiger partial charge in [-0.2, -0.15) is 0 Å². The first-order chi connectivity index (χ1) is 12.4. The van der Waals surface area contributed by atoms with Gasteiger partial charge in [-0.1, -0.05) is 28.1 Å². The molecule has 0 saturated carbocycles. The number of carbonyl (C=O) groups is 3. The predicted molar refractivity (Wildman–Crippen MR) is 96.3 cm³/mol. The van der Waals surface area contributed by atoms with E-state index in [4.69, 9.17) is 4.74 Å². The lowest BCUT2D eigenvalue weighted by Crippen LogP contribution is -2.27. The van der Waals surface area contributed by atoms with Gasteiger partial charge in [0.05, 0.1) is 5.92 Å². The number of nitrogens with zero attached hydrogens (tertiary/aromatic N) is 1. The summed E-state index contributed by atoms with van der Waals surface area (Å²) in [6.45, 7) is -0.225. The third kappa shape index (κ3) is 4.16. The zero-order valence-corrected chi connectivity index (χ0v) is 15.2. The number of Topliss-reactive ketones (excluding diaryl/α,β-unsaturated/α-hetero) is 1. The molecule has 5 nitrogen and oxygen atoms in total. The van der Waals surface area contributed by atoms with E-state index in [1.165, 1.54) is 29.2 Å². The van der Waals surface area contributed by atoms with Crippen LogP contribution in [0.15, 0.2) is 53.0 Å². The molecule has 1 aliphatic rings. The van der Waals surface area contributed by atoms with Crippen molar-refractivity contribution in [2.75, 3.05) is 18.1 Å². The van der Waals surface area contributed by atoms with Crippen LogP contribution in [-0.4, -0.2) is 30.8 Å². The number of hydrogen-bond acceptors (Lipinski definition) is 4. The van der Waals surface area contributed by atoms with Gasteiger partial charge < -0.3 is 9.64 Å². The van der Waals surface area contributed by atoms with Gasteiger partial charge in [-0.15, -0.1) is 0 Å². The second kappa shape index (κ2) is 7.78. The highest BCUT2D eigenvalue weighted by atomic mass is 79.9. The van der Waals surface area contributed by atoms with Crippen LogP contribution in [0.3, 0.4) is 0 Å². The summed E-state index contributed by atoms with van der Waals surface area (Å²) in [5.41, 5.74) is 0.967. The number of amides is 1. The number of halogens is 2. The molecule has 134 valence electrons. The molecule has 2 aromatic carbocycles. The van der Waals surface area contributed by atoms with Gasteiger partial charge in [0.25, 0.3) is 0 Å². The Morgan fingerprint density at radius 1 is 1.12 bits per heavy atom. The molecular weight excluding hydrogens is 405 g/mol. The first-order valence-corrected chi connectivity index (χ1v) is 8.74. The molecule has 1 fully saturated rings. The van der Waals surface area contributed by atoms with Gasteiger partial charge in [0.2, 0.25) is 5.91 Å². The summed E-state index contributed by atoms with van der Waals surface area (Å²) in [5.74, 6) is -2.19. The van der Waals surface area contributed by atoms with Crippen molar-refractivity contribution in [2.45, 2.75) is 6.42 Å². The SMILES string of the molecule is O=C(COC(=O)[C@@H]1CC(=O)N(c2ccc(F)cc2)C1)c1ccc(Br)cc1. The largest absolute Gasteiger partial charge is 0.457 e. The molecule has 1 aliphatic heterocycles. The number of esters is 1. The maximum Gasteiger partial charge on any atom is 0.311 e. The van der Waals surface area contributed by atoms with Crippen LogP contribution in [0.4, 0.5) is 10.1 Å². The molecule has 26 heavy (non-hydrogen) atoms. The van der Waals surface area contributed by atoms with Crippen LogP contribution in [-0.2, 0) is 14.3 Å². The standard InChI is InChI=1S/C19H15BrFNO4/c20-14-3-1-12(2-4-14)17(23)11-26-19(25)13-9-18(24)22(10-13)16-7-5-15(21)6-8-16/h1-8,13H,9-11H2/t13-/m1/s1. The van der Waals surface area contributed by atoms with Gasteiger partial charge >= 0.3 is 5.97 Å². The molecule has 2 aromatic rings. The normalized spacial score (nSPS) is 16.6. The minimum absolute atomic E-state index is 0.00266. The molecule has 1 saturated heterocycles. The van der Waals surface area contributed by atoms with Crippen molar-refractivity contribution in [3.8, 4) is 0 Å². The minimum Gasteiger partial charge on any atom is -0.457 e. The van der Waals surface area contributed by atoms with Crippen LogP contribution in [0, 0.1) is 11.7 Å². The van der Waals surface area contributed by atoms with Crippen LogP contribution in [0.5, 0.6) is 0 Å². The summed E-state index contributed by atoms with van der Waals surface area (Å²) in [5, 5.41) is 0. The van der Waals surface area contributed by atoms with Crippen LogP contribution in [0.2, 0.25) is 0 Å². The average Bonchev–Trinajstić information content (AvgIpc) is 3.02. The van der Waals surface area contributed by atoms with Crippen LogP contribution >= 0.6 is 15.9 Å². The van der Waals surface area contributed by atoms with Crippen molar-refractivity contribution in [3.05, 3.63) is 64.4 Å². The lowest BCUT2D eigenvalue weighted by Gasteiger charge is -2.16. The molecule has 1 heterocycles. The molecule has 3 rings (SSSR count). The first kappa shape index (κ1) is 18.3. The first-order valence-electron chi connectivity index (χ1n) is 7.95. The second-order valence-corrected chi connectivity index (χ2v) is 6.84. The molecule has 1 amide bonds. The van der Waals surface area contributed by atoms with E-state index in [1.54, 1.807) is 24.3 Å². The van der Waals surface area contributed by atoms with E-state index in [9.17, 15) is 18.8 Å². The molecule has 0 aromatic heterocycles. The fraction of sp³-hybridized carbons (Fsp3) is 0.211. The van der Waals surface area contributed by atoms with Gasteiger partial charge in [0, 0.05) is 28.7 Å². The average molecular weight is 420 g/mol. The zero-order chi connectivity index (χ0) is 18.7. The molecule has 0 spiro atoms. The highest BCUT2D eigenvalue weighted by molar-refractivity contribution is 9.10. The number of rotatable bonds is 5. The molecule has 0 bridgehead atoms. The smallest absolute Gasteiger partial charge is 0.311 e. The Kier molecular flexibility index (Phi) is 5.46. The number of ketones is 1. The number of anilines is 1. The highest BCUT2D eigenvalue weighted by Gasteiger charge is 2.36. The maximum atomic E-state index is 13.0. The van der Waals surface area contributed by atoms with Gasteiger partial charge in [0.1, 0.15) is 5.82 Å². The summed E-state index contributed by atoms with van der Waals surface area (Å²) >= 11 is 3.28. The molecule has 0 unspecified atom stereocenters. The zero-order valence-electron chi connectivity index (χ0n) is 13.7. The predicted octanol–water partition coefficient (Wildman–Crippen LogP) is 3.37. The fourth-order valence-corrected chi connectivity index (χ4v) is 2.97. The van der Waals surface area contributed by atoms with E-state index >= 15 is 0 Å².